The maximum absolute atomic E-state index is 14.2. The molecule has 2 aromatic carbocycles. The summed E-state index contributed by atoms with van der Waals surface area (Å²) in [5.41, 5.74) is 4.85. The first-order valence-electron chi connectivity index (χ1n) is 15.0. The van der Waals surface area contributed by atoms with Crippen molar-refractivity contribution in [3.8, 4) is 17.0 Å². The van der Waals surface area contributed by atoms with Gasteiger partial charge in [0.2, 0.25) is 5.91 Å². The summed E-state index contributed by atoms with van der Waals surface area (Å²) in [6.07, 6.45) is 5.69. The first kappa shape index (κ1) is 29.7. The number of carbonyl (C=O) groups excluding carboxylic acids is 2. The molecule has 0 radical (unpaired) electrons. The van der Waals surface area contributed by atoms with Crippen LogP contribution in [0.4, 0.5) is 0 Å². The Morgan fingerprint density at radius 3 is 2.47 bits per heavy atom. The van der Waals surface area contributed by atoms with Gasteiger partial charge in [-0.25, -0.2) is 4.72 Å². The van der Waals surface area contributed by atoms with Gasteiger partial charge in [-0.3, -0.25) is 9.59 Å². The van der Waals surface area contributed by atoms with Gasteiger partial charge < -0.3 is 19.5 Å². The number of nitrogens with one attached hydrogen (secondary N) is 2. The largest absolute Gasteiger partial charge is 0.497 e. The standard InChI is InChI=1S/C32H41N5O5S/c1-35(2)31(39)32-18-33-17-26(32)25-16-22(42-5)12-14-23(25)29-28(20-9-7-6-8-10-20)24-13-11-21(15-27(24)37(29)19-32)30(38)34-43(40,41)36(3)4/h11-16,20,26,33H,6-10,17-19H2,1-5H3,(H,34,38)/t26-,32-/m1/s1. The molecule has 2 aliphatic heterocycles. The number of carbonyl (C=O) groups is 2. The van der Waals surface area contributed by atoms with Gasteiger partial charge in [0.05, 0.1) is 18.2 Å². The number of ether oxygens (including phenoxy) is 1. The maximum atomic E-state index is 14.2. The number of methoxy groups -OCH3 is 1. The van der Waals surface area contributed by atoms with E-state index in [2.05, 4.69) is 26.7 Å². The normalized spacial score (nSPS) is 22.0. The molecule has 3 heterocycles. The van der Waals surface area contributed by atoms with Crippen LogP contribution in [0.2, 0.25) is 0 Å². The van der Waals surface area contributed by atoms with Crippen molar-refractivity contribution in [2.75, 3.05) is 48.4 Å². The second-order valence-corrected chi connectivity index (χ2v) is 14.5. The Labute approximate surface area is 253 Å². The summed E-state index contributed by atoms with van der Waals surface area (Å²) in [7, 11) is 4.06. The lowest BCUT2D eigenvalue weighted by atomic mass is 9.72. The lowest BCUT2D eigenvalue weighted by molar-refractivity contribution is -0.140. The summed E-state index contributed by atoms with van der Waals surface area (Å²) in [6.45, 7) is 1.61. The average Bonchev–Trinajstić information content (AvgIpc) is 3.53. The molecule has 6 rings (SSSR count). The van der Waals surface area contributed by atoms with Crippen LogP contribution in [0.3, 0.4) is 0 Å². The van der Waals surface area contributed by atoms with E-state index >= 15 is 0 Å². The fourth-order valence-electron chi connectivity index (χ4n) is 7.57. The van der Waals surface area contributed by atoms with Crippen LogP contribution in [0.1, 0.15) is 65.4 Å². The molecule has 10 nitrogen and oxygen atoms in total. The number of nitrogens with zero attached hydrogens (tertiary/aromatic N) is 3. The monoisotopic (exact) mass is 607 g/mol. The van der Waals surface area contributed by atoms with E-state index in [0.29, 0.717) is 25.6 Å². The first-order chi connectivity index (χ1) is 20.5. The van der Waals surface area contributed by atoms with Crippen molar-refractivity contribution < 1.29 is 22.7 Å². The second kappa shape index (κ2) is 10.9. The van der Waals surface area contributed by atoms with E-state index in [1.54, 1.807) is 38.2 Å². The number of rotatable bonds is 6. The third-order valence-electron chi connectivity index (χ3n) is 9.70. The van der Waals surface area contributed by atoms with E-state index in [0.717, 1.165) is 63.5 Å². The molecule has 0 bridgehead atoms. The van der Waals surface area contributed by atoms with Crippen molar-refractivity contribution in [3.63, 3.8) is 0 Å². The Morgan fingerprint density at radius 1 is 1.05 bits per heavy atom. The fourth-order valence-corrected chi connectivity index (χ4v) is 8.10. The molecule has 2 fully saturated rings. The molecule has 2 atom stereocenters. The molecule has 3 aromatic rings. The number of aromatic nitrogens is 1. The predicted octanol–water partition coefficient (Wildman–Crippen LogP) is 3.68. The van der Waals surface area contributed by atoms with E-state index in [-0.39, 0.29) is 17.4 Å². The van der Waals surface area contributed by atoms with Crippen LogP contribution in [0, 0.1) is 5.41 Å². The van der Waals surface area contributed by atoms with E-state index < -0.39 is 21.5 Å². The average molecular weight is 608 g/mol. The highest BCUT2D eigenvalue weighted by Crippen LogP contribution is 2.54. The molecule has 1 saturated carbocycles. The van der Waals surface area contributed by atoms with Crippen LogP contribution >= 0.6 is 0 Å². The van der Waals surface area contributed by atoms with Crippen molar-refractivity contribution in [2.45, 2.75) is 50.5 Å². The molecule has 230 valence electrons. The van der Waals surface area contributed by atoms with Crippen molar-refractivity contribution >= 4 is 32.9 Å². The third kappa shape index (κ3) is 4.81. The van der Waals surface area contributed by atoms with Crippen LogP contribution < -0.4 is 14.8 Å². The molecule has 3 aliphatic rings. The van der Waals surface area contributed by atoms with Crippen molar-refractivity contribution in [1.82, 2.24) is 23.8 Å². The Bertz CT molecular complexity index is 1710. The highest BCUT2D eigenvalue weighted by atomic mass is 32.2. The van der Waals surface area contributed by atoms with Gasteiger partial charge in [0, 0.05) is 75.8 Å². The number of fused-ring (bicyclic) bond motifs is 7. The molecule has 2 N–H and O–H groups in total. The molecule has 2 amide bonds. The zero-order valence-corrected chi connectivity index (χ0v) is 26.4. The quantitative estimate of drug-likeness (QED) is 0.442. The number of hydrogen-bond donors (Lipinski definition) is 2. The minimum absolute atomic E-state index is 0.0520. The molecule has 0 unspecified atom stereocenters. The van der Waals surface area contributed by atoms with Gasteiger partial charge in [-0.05, 0) is 60.2 Å². The number of hydrogen-bond acceptors (Lipinski definition) is 6. The van der Waals surface area contributed by atoms with Gasteiger partial charge in [-0.2, -0.15) is 12.7 Å². The van der Waals surface area contributed by atoms with Gasteiger partial charge in [0.1, 0.15) is 5.75 Å². The van der Waals surface area contributed by atoms with E-state index in [4.69, 9.17) is 4.74 Å². The SMILES string of the molecule is COc1ccc2c(c1)[C@H]1CNC[C@@]1(C(=O)N(C)C)Cn1c-2c(C2CCCCC2)c2ccc(C(=O)NS(=O)(=O)N(C)C)cc21. The molecule has 1 aliphatic carbocycles. The topological polar surface area (TPSA) is 113 Å². The lowest BCUT2D eigenvalue weighted by Crippen LogP contribution is -2.47. The van der Waals surface area contributed by atoms with Crippen LogP contribution in [0.15, 0.2) is 36.4 Å². The Morgan fingerprint density at radius 2 is 1.79 bits per heavy atom. The van der Waals surface area contributed by atoms with Crippen LogP contribution in [0.5, 0.6) is 5.75 Å². The summed E-state index contributed by atoms with van der Waals surface area (Å²) in [4.78, 5) is 29.1. The summed E-state index contributed by atoms with van der Waals surface area (Å²) in [6, 6.07) is 11.7. The highest BCUT2D eigenvalue weighted by molar-refractivity contribution is 7.87. The summed E-state index contributed by atoms with van der Waals surface area (Å²) in [5.74, 6) is 0.368. The maximum Gasteiger partial charge on any atom is 0.303 e. The molecular weight excluding hydrogens is 566 g/mol. The molecular formula is C32H41N5O5S. The van der Waals surface area contributed by atoms with Gasteiger partial charge >= 0.3 is 10.2 Å². The minimum Gasteiger partial charge on any atom is -0.497 e. The van der Waals surface area contributed by atoms with E-state index in [1.807, 2.05) is 12.1 Å². The molecule has 1 saturated heterocycles. The third-order valence-corrected chi connectivity index (χ3v) is 11.1. The fraction of sp³-hybridized carbons (Fsp3) is 0.500. The lowest BCUT2D eigenvalue weighted by Gasteiger charge is -2.35. The van der Waals surface area contributed by atoms with Gasteiger partial charge in [-0.15, -0.1) is 0 Å². The first-order valence-corrected chi connectivity index (χ1v) is 16.4. The van der Waals surface area contributed by atoms with Crippen molar-refractivity contribution in [1.29, 1.82) is 0 Å². The summed E-state index contributed by atoms with van der Waals surface area (Å²) < 4.78 is 36.1. The summed E-state index contributed by atoms with van der Waals surface area (Å²) in [5, 5.41) is 4.57. The minimum atomic E-state index is -3.97. The Balaban J connectivity index is 1.65. The van der Waals surface area contributed by atoms with E-state index in [1.165, 1.54) is 26.1 Å². The predicted molar refractivity (Wildman–Crippen MR) is 167 cm³/mol. The van der Waals surface area contributed by atoms with Crippen LogP contribution in [0.25, 0.3) is 22.2 Å². The highest BCUT2D eigenvalue weighted by Gasteiger charge is 2.53. The van der Waals surface area contributed by atoms with Crippen molar-refractivity contribution in [2.24, 2.45) is 5.41 Å². The zero-order valence-electron chi connectivity index (χ0n) is 25.6. The molecule has 0 spiro atoms. The number of amides is 2. The number of benzene rings is 2. The van der Waals surface area contributed by atoms with E-state index in [9.17, 15) is 18.0 Å². The van der Waals surface area contributed by atoms with Crippen LogP contribution in [-0.4, -0.2) is 82.4 Å². The Hall–Kier alpha value is -3.41. The van der Waals surface area contributed by atoms with Gasteiger partial charge in [0.25, 0.3) is 5.91 Å². The second-order valence-electron chi connectivity index (χ2n) is 12.6. The Kier molecular flexibility index (Phi) is 7.55. The zero-order chi connectivity index (χ0) is 30.7. The van der Waals surface area contributed by atoms with Gasteiger partial charge in [-0.1, -0.05) is 25.3 Å². The summed E-state index contributed by atoms with van der Waals surface area (Å²) >= 11 is 0. The van der Waals surface area contributed by atoms with Crippen molar-refractivity contribution in [3.05, 3.63) is 53.1 Å². The molecule has 11 heteroatoms. The van der Waals surface area contributed by atoms with Gasteiger partial charge in [0.15, 0.2) is 0 Å². The van der Waals surface area contributed by atoms with Crippen LogP contribution in [-0.2, 0) is 21.5 Å². The smallest absolute Gasteiger partial charge is 0.303 e. The molecule has 1 aromatic heterocycles. The molecule has 43 heavy (non-hydrogen) atoms.